The number of ether oxygens (including phenoxy) is 1. The van der Waals surface area contributed by atoms with Gasteiger partial charge in [0, 0.05) is 12.2 Å². The minimum Gasteiger partial charge on any atom is -0.462 e. The molecule has 2 rings (SSSR count). The summed E-state index contributed by atoms with van der Waals surface area (Å²) in [4.78, 5) is 26.0. The van der Waals surface area contributed by atoms with Gasteiger partial charge in [0.2, 0.25) is 0 Å². The molecule has 0 aliphatic heterocycles. The van der Waals surface area contributed by atoms with Crippen LogP contribution in [0.1, 0.15) is 34.2 Å². The molecule has 0 aliphatic carbocycles. The molecular weight excluding hydrogens is 346 g/mol. The fourth-order valence-electron chi connectivity index (χ4n) is 2.26. The predicted octanol–water partition coefficient (Wildman–Crippen LogP) is 2.27. The normalized spacial score (nSPS) is 10.5. The third-order valence-corrected chi connectivity index (χ3v) is 3.64. The zero-order chi connectivity index (χ0) is 19.6. The summed E-state index contributed by atoms with van der Waals surface area (Å²) in [5.74, 6) is -0.135. The van der Waals surface area contributed by atoms with Crippen LogP contribution in [0, 0.1) is 0 Å². The highest BCUT2D eigenvalue weighted by Gasteiger charge is 2.10. The molecule has 0 unspecified atom stereocenters. The number of rotatable bonds is 9. The van der Waals surface area contributed by atoms with E-state index in [1.165, 1.54) is 0 Å². The van der Waals surface area contributed by atoms with Crippen molar-refractivity contribution in [3.8, 4) is 0 Å². The Hall–Kier alpha value is -3.00. The van der Waals surface area contributed by atoms with Crippen molar-refractivity contribution in [2.24, 2.45) is 0 Å². The van der Waals surface area contributed by atoms with Gasteiger partial charge in [-0.2, -0.15) is 0 Å². The largest absolute Gasteiger partial charge is 0.462 e. The minimum absolute atomic E-state index is 0.211. The number of benzene rings is 1. The fourth-order valence-corrected chi connectivity index (χ4v) is 2.26. The van der Waals surface area contributed by atoms with Crippen molar-refractivity contribution in [1.82, 2.24) is 15.1 Å². The van der Waals surface area contributed by atoms with Crippen LogP contribution >= 0.6 is 0 Å². The molecule has 2 N–H and O–H groups in total. The second kappa shape index (κ2) is 10.2. The number of anilines is 2. The van der Waals surface area contributed by atoms with Crippen LogP contribution < -0.4 is 10.6 Å². The minimum atomic E-state index is -0.394. The molecule has 144 valence electrons. The third-order valence-electron chi connectivity index (χ3n) is 3.64. The van der Waals surface area contributed by atoms with Gasteiger partial charge in [0.15, 0.2) is 5.69 Å². The first-order valence-corrected chi connectivity index (χ1v) is 8.80. The summed E-state index contributed by atoms with van der Waals surface area (Å²) in [6, 6.07) is 9.81. The van der Waals surface area contributed by atoms with Crippen LogP contribution in [-0.4, -0.2) is 60.8 Å². The van der Waals surface area contributed by atoms with Crippen molar-refractivity contribution < 1.29 is 14.3 Å². The van der Waals surface area contributed by atoms with Gasteiger partial charge in [0.25, 0.3) is 5.91 Å². The van der Waals surface area contributed by atoms with E-state index in [1.807, 2.05) is 14.1 Å². The third kappa shape index (κ3) is 6.67. The SMILES string of the molecule is CCOC(=O)c1ccc(NC(=O)c2ccc(NCCCN(C)C)nn2)cc1. The number of hydrogen-bond acceptors (Lipinski definition) is 7. The van der Waals surface area contributed by atoms with Gasteiger partial charge < -0.3 is 20.3 Å². The van der Waals surface area contributed by atoms with E-state index < -0.39 is 5.97 Å². The summed E-state index contributed by atoms with van der Waals surface area (Å²) < 4.78 is 4.92. The molecule has 0 aliphatic rings. The molecule has 0 radical (unpaired) electrons. The number of carbonyl (C=O) groups excluding carboxylic acids is 2. The van der Waals surface area contributed by atoms with Crippen LogP contribution in [0.3, 0.4) is 0 Å². The lowest BCUT2D eigenvalue weighted by molar-refractivity contribution is 0.0526. The second-order valence-electron chi connectivity index (χ2n) is 6.14. The number of nitrogens with one attached hydrogen (secondary N) is 2. The van der Waals surface area contributed by atoms with Gasteiger partial charge in [-0.1, -0.05) is 0 Å². The molecule has 0 atom stereocenters. The summed E-state index contributed by atoms with van der Waals surface area (Å²) in [6.07, 6.45) is 0.985. The average Bonchev–Trinajstić information content (AvgIpc) is 2.66. The van der Waals surface area contributed by atoms with Crippen LogP contribution in [0.2, 0.25) is 0 Å². The number of hydrogen-bond donors (Lipinski definition) is 2. The summed E-state index contributed by atoms with van der Waals surface area (Å²) in [5.41, 5.74) is 1.20. The van der Waals surface area contributed by atoms with E-state index in [9.17, 15) is 9.59 Å². The van der Waals surface area contributed by atoms with Crippen molar-refractivity contribution >= 4 is 23.4 Å². The van der Waals surface area contributed by atoms with E-state index in [0.717, 1.165) is 19.5 Å². The van der Waals surface area contributed by atoms with E-state index in [2.05, 4.69) is 25.7 Å². The average molecular weight is 371 g/mol. The smallest absolute Gasteiger partial charge is 0.338 e. The fraction of sp³-hybridized carbons (Fsp3) is 0.368. The number of nitrogens with zero attached hydrogens (tertiary/aromatic N) is 3. The summed E-state index contributed by atoms with van der Waals surface area (Å²) in [6.45, 7) is 3.83. The predicted molar refractivity (Wildman–Crippen MR) is 104 cm³/mol. The number of amides is 1. The molecule has 0 saturated heterocycles. The van der Waals surface area contributed by atoms with E-state index in [4.69, 9.17) is 4.74 Å². The van der Waals surface area contributed by atoms with Crippen LogP contribution in [-0.2, 0) is 4.74 Å². The first kappa shape index (κ1) is 20.3. The van der Waals surface area contributed by atoms with Crippen LogP contribution in [0.5, 0.6) is 0 Å². The van der Waals surface area contributed by atoms with Gasteiger partial charge in [-0.25, -0.2) is 4.79 Å². The van der Waals surface area contributed by atoms with Crippen molar-refractivity contribution in [2.75, 3.05) is 44.4 Å². The maximum absolute atomic E-state index is 12.3. The number of carbonyl (C=O) groups is 2. The number of esters is 1. The van der Waals surface area contributed by atoms with Gasteiger partial charge in [0.05, 0.1) is 12.2 Å². The Morgan fingerprint density at radius 3 is 2.41 bits per heavy atom. The van der Waals surface area contributed by atoms with Gasteiger partial charge in [-0.15, -0.1) is 10.2 Å². The maximum atomic E-state index is 12.3. The van der Waals surface area contributed by atoms with Gasteiger partial charge >= 0.3 is 5.97 Å². The summed E-state index contributed by atoms with van der Waals surface area (Å²) in [5, 5.41) is 13.9. The molecule has 0 spiro atoms. The van der Waals surface area contributed by atoms with Crippen molar-refractivity contribution in [3.63, 3.8) is 0 Å². The monoisotopic (exact) mass is 371 g/mol. The molecule has 1 aromatic heterocycles. The molecule has 0 bridgehead atoms. The highest BCUT2D eigenvalue weighted by molar-refractivity contribution is 6.03. The molecule has 0 fully saturated rings. The van der Waals surface area contributed by atoms with E-state index in [1.54, 1.807) is 43.3 Å². The Morgan fingerprint density at radius 2 is 1.81 bits per heavy atom. The molecule has 0 saturated carbocycles. The molecular formula is C19H25N5O3. The van der Waals surface area contributed by atoms with Gasteiger partial charge in [-0.05, 0) is 70.4 Å². The van der Waals surface area contributed by atoms with Crippen molar-refractivity contribution in [1.29, 1.82) is 0 Å². The molecule has 1 heterocycles. The van der Waals surface area contributed by atoms with Gasteiger partial charge in [0.1, 0.15) is 5.82 Å². The molecule has 1 amide bonds. The lowest BCUT2D eigenvalue weighted by atomic mass is 10.2. The second-order valence-corrected chi connectivity index (χ2v) is 6.14. The maximum Gasteiger partial charge on any atom is 0.338 e. The quantitative estimate of drug-likeness (QED) is 0.515. The Morgan fingerprint density at radius 1 is 1.07 bits per heavy atom. The molecule has 1 aromatic carbocycles. The number of aromatic nitrogens is 2. The highest BCUT2D eigenvalue weighted by atomic mass is 16.5. The topological polar surface area (TPSA) is 96.4 Å². The standard InChI is InChI=1S/C19H25N5O3/c1-4-27-19(26)14-6-8-15(9-7-14)21-18(25)16-10-11-17(23-22-16)20-12-5-13-24(2)3/h6-11H,4-5,12-13H2,1-3H3,(H,20,23)(H,21,25). The molecule has 27 heavy (non-hydrogen) atoms. The van der Waals surface area contributed by atoms with E-state index in [0.29, 0.717) is 23.7 Å². The molecule has 8 heteroatoms. The van der Waals surface area contributed by atoms with E-state index in [-0.39, 0.29) is 11.6 Å². The van der Waals surface area contributed by atoms with Crippen LogP contribution in [0.25, 0.3) is 0 Å². The Balaban J connectivity index is 1.87. The zero-order valence-corrected chi connectivity index (χ0v) is 15.9. The van der Waals surface area contributed by atoms with Crippen molar-refractivity contribution in [3.05, 3.63) is 47.7 Å². The Bertz CT molecular complexity index is 745. The first-order chi connectivity index (χ1) is 13.0. The van der Waals surface area contributed by atoms with Crippen LogP contribution in [0.15, 0.2) is 36.4 Å². The lowest BCUT2D eigenvalue weighted by Crippen LogP contribution is -2.17. The van der Waals surface area contributed by atoms with Crippen molar-refractivity contribution in [2.45, 2.75) is 13.3 Å². The van der Waals surface area contributed by atoms with E-state index >= 15 is 0 Å². The van der Waals surface area contributed by atoms with Crippen LogP contribution in [0.4, 0.5) is 11.5 Å². The zero-order valence-electron chi connectivity index (χ0n) is 15.9. The molecule has 2 aromatic rings. The Labute approximate surface area is 158 Å². The Kier molecular flexibility index (Phi) is 7.69. The highest BCUT2D eigenvalue weighted by Crippen LogP contribution is 2.12. The molecule has 8 nitrogen and oxygen atoms in total. The summed E-state index contributed by atoms with van der Waals surface area (Å²) in [7, 11) is 4.05. The first-order valence-electron chi connectivity index (χ1n) is 8.80. The van der Waals surface area contributed by atoms with Gasteiger partial charge in [-0.3, -0.25) is 4.79 Å². The lowest BCUT2D eigenvalue weighted by Gasteiger charge is -2.10. The summed E-state index contributed by atoms with van der Waals surface area (Å²) >= 11 is 0.